The number of morpholine rings is 1. The summed E-state index contributed by atoms with van der Waals surface area (Å²) in [6, 6.07) is 10.1. The predicted molar refractivity (Wildman–Crippen MR) is 105 cm³/mol. The zero-order valence-corrected chi connectivity index (χ0v) is 16.5. The van der Waals surface area contributed by atoms with E-state index >= 15 is 0 Å². The van der Waals surface area contributed by atoms with Gasteiger partial charge in [-0.1, -0.05) is 30.3 Å². The summed E-state index contributed by atoms with van der Waals surface area (Å²) in [5, 5.41) is 0. The van der Waals surface area contributed by atoms with Crippen LogP contribution in [0.25, 0.3) is 0 Å². The highest BCUT2D eigenvalue weighted by atomic mass is 16.5. The first-order valence-electron chi connectivity index (χ1n) is 10.4. The Labute approximate surface area is 166 Å². The minimum atomic E-state index is -0.129. The smallest absolute Gasteiger partial charge is 0.228 e. The molecule has 3 fully saturated rings. The highest BCUT2D eigenvalue weighted by molar-refractivity contribution is 5.83. The normalized spacial score (nSPS) is 24.5. The van der Waals surface area contributed by atoms with Gasteiger partial charge in [0.2, 0.25) is 11.8 Å². The number of amides is 2. The average molecular weight is 386 g/mol. The maximum absolute atomic E-state index is 13.3. The minimum Gasteiger partial charge on any atom is -0.381 e. The molecular weight excluding hydrogens is 356 g/mol. The van der Waals surface area contributed by atoms with E-state index in [1.807, 2.05) is 28.0 Å². The maximum atomic E-state index is 13.3. The molecule has 0 aromatic heterocycles. The zero-order valence-electron chi connectivity index (χ0n) is 16.5. The van der Waals surface area contributed by atoms with Crippen LogP contribution in [0.2, 0.25) is 0 Å². The number of hydrogen-bond donors (Lipinski definition) is 0. The summed E-state index contributed by atoms with van der Waals surface area (Å²) in [6.45, 7) is 5.11. The average Bonchev–Trinajstić information content (AvgIpc) is 3.12. The van der Waals surface area contributed by atoms with E-state index in [0.29, 0.717) is 59.0 Å². The summed E-state index contributed by atoms with van der Waals surface area (Å²) in [4.78, 5) is 30.1. The fraction of sp³-hybridized carbons (Fsp3) is 0.636. The van der Waals surface area contributed by atoms with E-state index in [9.17, 15) is 9.59 Å². The first-order chi connectivity index (χ1) is 13.7. The Morgan fingerprint density at radius 1 is 0.964 bits per heavy atom. The van der Waals surface area contributed by atoms with Crippen LogP contribution in [0.5, 0.6) is 0 Å². The Morgan fingerprint density at radius 3 is 2.36 bits per heavy atom. The molecule has 2 amide bonds. The van der Waals surface area contributed by atoms with Gasteiger partial charge in [0.25, 0.3) is 0 Å². The number of carbonyl (C=O) groups excluding carboxylic acids is 2. The van der Waals surface area contributed by atoms with Crippen LogP contribution in [-0.2, 0) is 25.5 Å². The van der Waals surface area contributed by atoms with Crippen LogP contribution in [-0.4, -0.2) is 74.2 Å². The summed E-state index contributed by atoms with van der Waals surface area (Å²) >= 11 is 0. The summed E-state index contributed by atoms with van der Waals surface area (Å²) < 4.78 is 11.0. The van der Waals surface area contributed by atoms with Gasteiger partial charge in [0.15, 0.2) is 0 Å². The molecule has 3 aliphatic heterocycles. The summed E-state index contributed by atoms with van der Waals surface area (Å²) in [6.07, 6.45) is 2.95. The van der Waals surface area contributed by atoms with E-state index in [0.717, 1.165) is 19.3 Å². The lowest BCUT2D eigenvalue weighted by molar-refractivity contribution is -0.144. The Kier molecular flexibility index (Phi) is 5.97. The summed E-state index contributed by atoms with van der Waals surface area (Å²) in [5.74, 6) is 0.241. The number of aryl methyl sites for hydroxylation is 1. The van der Waals surface area contributed by atoms with Crippen molar-refractivity contribution in [1.29, 1.82) is 0 Å². The molecule has 0 aliphatic carbocycles. The number of nitrogens with zero attached hydrogens (tertiary/aromatic N) is 2. The lowest BCUT2D eigenvalue weighted by atomic mass is 9.71. The van der Waals surface area contributed by atoms with E-state index in [1.165, 1.54) is 5.56 Å². The minimum absolute atomic E-state index is 0.116. The zero-order chi connectivity index (χ0) is 19.4. The molecule has 1 unspecified atom stereocenters. The van der Waals surface area contributed by atoms with E-state index in [-0.39, 0.29) is 23.1 Å². The van der Waals surface area contributed by atoms with Crippen molar-refractivity contribution in [3.63, 3.8) is 0 Å². The topological polar surface area (TPSA) is 59.1 Å². The first-order valence-corrected chi connectivity index (χ1v) is 10.4. The second-order valence-electron chi connectivity index (χ2n) is 8.22. The van der Waals surface area contributed by atoms with Crippen LogP contribution in [0.4, 0.5) is 0 Å². The molecular formula is C22H30N2O4. The third kappa shape index (κ3) is 4.08. The Hall–Kier alpha value is -1.92. The van der Waals surface area contributed by atoms with Crippen LogP contribution in [0, 0.1) is 11.3 Å². The van der Waals surface area contributed by atoms with Crippen molar-refractivity contribution in [1.82, 2.24) is 9.80 Å². The van der Waals surface area contributed by atoms with Gasteiger partial charge in [-0.3, -0.25) is 9.59 Å². The van der Waals surface area contributed by atoms with Gasteiger partial charge in [-0.05, 0) is 24.8 Å². The van der Waals surface area contributed by atoms with Crippen molar-refractivity contribution in [2.24, 2.45) is 11.3 Å². The number of likely N-dealkylation sites (tertiary alicyclic amines) is 1. The number of ether oxygens (including phenoxy) is 2. The first kappa shape index (κ1) is 19.4. The Morgan fingerprint density at radius 2 is 1.64 bits per heavy atom. The number of hydrogen-bond acceptors (Lipinski definition) is 4. The number of rotatable bonds is 4. The van der Waals surface area contributed by atoms with Gasteiger partial charge in [0.05, 0.1) is 19.1 Å². The van der Waals surface area contributed by atoms with E-state index in [1.54, 1.807) is 0 Å². The van der Waals surface area contributed by atoms with Crippen LogP contribution in [0.3, 0.4) is 0 Å². The van der Waals surface area contributed by atoms with Crippen molar-refractivity contribution in [2.45, 2.75) is 25.7 Å². The van der Waals surface area contributed by atoms with E-state index in [2.05, 4.69) is 12.1 Å². The number of benzene rings is 1. The molecule has 3 heterocycles. The van der Waals surface area contributed by atoms with Gasteiger partial charge < -0.3 is 19.3 Å². The quantitative estimate of drug-likeness (QED) is 0.791. The highest BCUT2D eigenvalue weighted by Gasteiger charge is 2.52. The molecule has 4 rings (SSSR count). The molecule has 0 N–H and O–H groups in total. The fourth-order valence-corrected chi connectivity index (χ4v) is 4.84. The Balaban J connectivity index is 1.44. The summed E-state index contributed by atoms with van der Waals surface area (Å²) in [5.41, 5.74) is 1.05. The third-order valence-electron chi connectivity index (χ3n) is 6.58. The molecule has 0 bridgehead atoms. The predicted octanol–water partition coefficient (Wildman–Crippen LogP) is 1.73. The van der Waals surface area contributed by atoms with Crippen molar-refractivity contribution < 1.29 is 19.1 Å². The molecule has 3 aliphatic rings. The molecule has 0 saturated carbocycles. The second kappa shape index (κ2) is 8.62. The van der Waals surface area contributed by atoms with Crippen molar-refractivity contribution >= 4 is 11.8 Å². The molecule has 0 radical (unpaired) electrons. The Bertz CT molecular complexity index is 681. The molecule has 1 aromatic carbocycles. The molecule has 152 valence electrons. The van der Waals surface area contributed by atoms with Gasteiger partial charge in [0.1, 0.15) is 0 Å². The monoisotopic (exact) mass is 386 g/mol. The van der Waals surface area contributed by atoms with Gasteiger partial charge >= 0.3 is 0 Å². The van der Waals surface area contributed by atoms with Gasteiger partial charge in [-0.25, -0.2) is 0 Å². The molecule has 1 spiro atoms. The van der Waals surface area contributed by atoms with Crippen molar-refractivity contribution in [2.75, 3.05) is 52.6 Å². The van der Waals surface area contributed by atoms with Crippen molar-refractivity contribution in [3.8, 4) is 0 Å². The SMILES string of the molecule is O=C(CCc1ccccc1)N1CC(C(=O)N2CCOCC2)C2(CCOCC2)C1. The molecule has 1 aromatic rings. The van der Waals surface area contributed by atoms with Crippen LogP contribution < -0.4 is 0 Å². The molecule has 3 saturated heterocycles. The van der Waals surface area contributed by atoms with E-state index < -0.39 is 0 Å². The summed E-state index contributed by atoms with van der Waals surface area (Å²) in [7, 11) is 0. The van der Waals surface area contributed by atoms with Gasteiger partial charge in [-0.2, -0.15) is 0 Å². The number of carbonyl (C=O) groups is 2. The van der Waals surface area contributed by atoms with Gasteiger partial charge in [0, 0.05) is 51.2 Å². The third-order valence-corrected chi connectivity index (χ3v) is 6.58. The molecule has 28 heavy (non-hydrogen) atoms. The molecule has 1 atom stereocenters. The standard InChI is InChI=1S/C22H30N2O4/c25-20(7-6-18-4-2-1-3-5-18)24-16-19(21(26)23-10-14-28-15-11-23)22(17-24)8-12-27-13-9-22/h1-5,19H,6-17H2. The van der Waals surface area contributed by atoms with E-state index in [4.69, 9.17) is 9.47 Å². The lowest BCUT2D eigenvalue weighted by Gasteiger charge is -2.39. The van der Waals surface area contributed by atoms with Crippen LogP contribution in [0.15, 0.2) is 30.3 Å². The van der Waals surface area contributed by atoms with Gasteiger partial charge in [-0.15, -0.1) is 0 Å². The van der Waals surface area contributed by atoms with Crippen molar-refractivity contribution in [3.05, 3.63) is 35.9 Å². The highest BCUT2D eigenvalue weighted by Crippen LogP contribution is 2.45. The molecule has 6 heteroatoms. The maximum Gasteiger partial charge on any atom is 0.228 e. The lowest BCUT2D eigenvalue weighted by Crippen LogP contribution is -2.49. The van der Waals surface area contributed by atoms with Crippen LogP contribution in [0.1, 0.15) is 24.8 Å². The fourth-order valence-electron chi connectivity index (χ4n) is 4.84. The largest absolute Gasteiger partial charge is 0.381 e. The second-order valence-corrected chi connectivity index (χ2v) is 8.22. The molecule has 6 nitrogen and oxygen atoms in total. The van der Waals surface area contributed by atoms with Crippen LogP contribution >= 0.6 is 0 Å².